The highest BCUT2D eigenvalue weighted by Crippen LogP contribution is 2.40. The lowest BCUT2D eigenvalue weighted by atomic mass is 10.0. The van der Waals surface area contributed by atoms with Crippen molar-refractivity contribution in [3.63, 3.8) is 0 Å². The number of aromatic nitrogens is 3. The van der Waals surface area contributed by atoms with Gasteiger partial charge in [-0.1, -0.05) is 18.2 Å². The number of carbonyl (C=O) groups excluding carboxylic acids is 1. The number of methoxy groups -OCH3 is 1. The molecule has 1 aliphatic heterocycles. The topological polar surface area (TPSA) is 87.5 Å². The lowest BCUT2D eigenvalue weighted by molar-refractivity contribution is -0.115. The molecule has 5 rings (SSSR count). The van der Waals surface area contributed by atoms with Crippen LogP contribution in [0.25, 0.3) is 22.2 Å². The Labute approximate surface area is 247 Å². The summed E-state index contributed by atoms with van der Waals surface area (Å²) in [5.41, 5.74) is 6.86. The number of aryl methyl sites for hydroxylation is 1. The SMILES string of the molecule is COc1cc(N(C)CCN(C)C)c(NC(=O)CCS)cc1Nc1nccc(-c2c3n(c4ccccc24)CCCC3)n1. The van der Waals surface area contributed by atoms with Crippen molar-refractivity contribution >= 4 is 52.4 Å². The molecular weight excluding hydrogens is 534 g/mol. The van der Waals surface area contributed by atoms with Crippen molar-refractivity contribution in [1.29, 1.82) is 0 Å². The van der Waals surface area contributed by atoms with Crippen LogP contribution >= 0.6 is 12.6 Å². The Kier molecular flexibility index (Phi) is 8.99. The van der Waals surface area contributed by atoms with E-state index in [0.29, 0.717) is 35.2 Å². The second-order valence-corrected chi connectivity index (χ2v) is 11.1. The molecule has 2 N–H and O–H groups in total. The average Bonchev–Trinajstić information content (AvgIpc) is 3.31. The predicted molar refractivity (Wildman–Crippen MR) is 171 cm³/mol. The summed E-state index contributed by atoms with van der Waals surface area (Å²) < 4.78 is 8.23. The van der Waals surface area contributed by atoms with E-state index in [-0.39, 0.29) is 5.91 Å². The van der Waals surface area contributed by atoms with Gasteiger partial charge >= 0.3 is 0 Å². The van der Waals surface area contributed by atoms with Crippen LogP contribution in [0.1, 0.15) is 25.0 Å². The Bertz CT molecular complexity index is 1530. The number of hydrogen-bond donors (Lipinski definition) is 3. The largest absolute Gasteiger partial charge is 0.494 e. The van der Waals surface area contributed by atoms with Crippen LogP contribution in [-0.2, 0) is 17.8 Å². The zero-order chi connectivity index (χ0) is 28.9. The first-order valence-electron chi connectivity index (χ1n) is 14.1. The molecule has 0 atom stereocenters. The molecule has 1 amide bonds. The Balaban J connectivity index is 1.52. The van der Waals surface area contributed by atoms with Crippen LogP contribution in [0.4, 0.5) is 23.0 Å². The summed E-state index contributed by atoms with van der Waals surface area (Å²) in [4.78, 5) is 26.4. The minimum Gasteiger partial charge on any atom is -0.494 e. The number of para-hydroxylation sites is 1. The van der Waals surface area contributed by atoms with E-state index in [9.17, 15) is 4.79 Å². The molecule has 41 heavy (non-hydrogen) atoms. The van der Waals surface area contributed by atoms with E-state index >= 15 is 0 Å². The van der Waals surface area contributed by atoms with E-state index in [1.54, 1.807) is 13.3 Å². The minimum absolute atomic E-state index is 0.0954. The van der Waals surface area contributed by atoms with Gasteiger partial charge in [-0.15, -0.1) is 0 Å². The highest BCUT2D eigenvalue weighted by Gasteiger charge is 2.22. The first-order chi connectivity index (χ1) is 19.9. The van der Waals surface area contributed by atoms with Gasteiger partial charge < -0.3 is 29.7 Å². The summed E-state index contributed by atoms with van der Waals surface area (Å²) in [6.07, 6.45) is 5.50. The zero-order valence-electron chi connectivity index (χ0n) is 24.3. The van der Waals surface area contributed by atoms with Crippen molar-refractivity contribution < 1.29 is 9.53 Å². The smallest absolute Gasteiger partial charge is 0.227 e. The number of ether oxygens (including phenoxy) is 1. The third kappa shape index (κ3) is 6.28. The van der Waals surface area contributed by atoms with Crippen molar-refractivity contribution in [2.24, 2.45) is 0 Å². The van der Waals surface area contributed by atoms with Gasteiger partial charge in [-0.2, -0.15) is 12.6 Å². The maximum Gasteiger partial charge on any atom is 0.227 e. The summed E-state index contributed by atoms with van der Waals surface area (Å²) in [5.74, 6) is 1.46. The molecule has 0 spiro atoms. The number of likely N-dealkylation sites (N-methyl/N-ethyl adjacent to an activating group) is 2. The molecule has 2 aromatic heterocycles. The van der Waals surface area contributed by atoms with E-state index in [1.807, 2.05) is 39.3 Å². The molecule has 0 aliphatic carbocycles. The Morgan fingerprint density at radius 3 is 2.71 bits per heavy atom. The highest BCUT2D eigenvalue weighted by atomic mass is 32.1. The monoisotopic (exact) mass is 573 g/mol. The van der Waals surface area contributed by atoms with Crippen molar-refractivity contribution in [3.05, 3.63) is 54.4 Å². The van der Waals surface area contributed by atoms with Gasteiger partial charge in [-0.25, -0.2) is 9.97 Å². The molecule has 0 fully saturated rings. The van der Waals surface area contributed by atoms with E-state index in [1.165, 1.54) is 35.0 Å². The first kappa shape index (κ1) is 28.8. The number of anilines is 4. The molecule has 4 aromatic rings. The molecule has 216 valence electrons. The molecule has 0 saturated heterocycles. The van der Waals surface area contributed by atoms with Crippen LogP contribution in [0.2, 0.25) is 0 Å². The standard InChI is InChI=1S/C31H39N7O2S/c1-36(2)16-17-37(3)27-20-28(40-4)24(19-23(27)33-29(39)13-18-41)35-31-32-14-12-22(34-31)30-21-9-5-6-10-25(21)38-15-8-7-11-26(30)38/h5-6,9-10,12,14,19-20,41H,7-8,11,13,15-18H2,1-4H3,(H,33,39)(H,32,34,35). The van der Waals surface area contributed by atoms with Gasteiger partial charge in [0.2, 0.25) is 11.9 Å². The molecule has 0 bridgehead atoms. The lowest BCUT2D eigenvalue weighted by Gasteiger charge is -2.26. The second kappa shape index (κ2) is 12.8. The number of amides is 1. The molecule has 0 radical (unpaired) electrons. The fourth-order valence-electron chi connectivity index (χ4n) is 5.43. The van der Waals surface area contributed by atoms with Crippen LogP contribution in [0.5, 0.6) is 5.75 Å². The number of rotatable bonds is 11. The van der Waals surface area contributed by atoms with Crippen LogP contribution < -0.4 is 20.3 Å². The van der Waals surface area contributed by atoms with Gasteiger partial charge in [-0.05, 0) is 57.3 Å². The summed E-state index contributed by atoms with van der Waals surface area (Å²) >= 11 is 4.23. The molecule has 1 aliphatic rings. The maximum atomic E-state index is 12.6. The number of nitrogens with one attached hydrogen (secondary N) is 2. The summed E-state index contributed by atoms with van der Waals surface area (Å²) in [5, 5.41) is 7.65. The number of fused-ring (bicyclic) bond motifs is 3. The maximum absolute atomic E-state index is 12.6. The van der Waals surface area contributed by atoms with Crippen molar-refractivity contribution in [2.45, 2.75) is 32.2 Å². The first-order valence-corrected chi connectivity index (χ1v) is 14.7. The van der Waals surface area contributed by atoms with E-state index < -0.39 is 0 Å². The van der Waals surface area contributed by atoms with Gasteiger partial charge in [-0.3, -0.25) is 4.79 Å². The molecule has 9 nitrogen and oxygen atoms in total. The summed E-state index contributed by atoms with van der Waals surface area (Å²) in [6.45, 7) is 2.67. The Hall–Kier alpha value is -3.76. The number of hydrogen-bond acceptors (Lipinski definition) is 8. The lowest BCUT2D eigenvalue weighted by Crippen LogP contribution is -2.29. The van der Waals surface area contributed by atoms with Crippen LogP contribution in [0.15, 0.2) is 48.7 Å². The zero-order valence-corrected chi connectivity index (χ0v) is 25.2. The number of carbonyl (C=O) groups is 1. The third-order valence-electron chi connectivity index (χ3n) is 7.51. The summed E-state index contributed by atoms with van der Waals surface area (Å²) in [6, 6.07) is 14.4. The van der Waals surface area contributed by atoms with Gasteiger partial charge in [0.15, 0.2) is 0 Å². The molecule has 2 aromatic carbocycles. The Morgan fingerprint density at radius 2 is 1.93 bits per heavy atom. The van der Waals surface area contributed by atoms with Crippen LogP contribution in [0, 0.1) is 0 Å². The quantitative estimate of drug-likeness (QED) is 0.206. The van der Waals surface area contributed by atoms with E-state index in [0.717, 1.165) is 37.4 Å². The third-order valence-corrected chi connectivity index (χ3v) is 7.73. The molecule has 3 heterocycles. The molecule has 0 unspecified atom stereocenters. The van der Waals surface area contributed by atoms with Gasteiger partial charge in [0.25, 0.3) is 0 Å². The molecular formula is C31H39N7O2S. The fourth-order valence-corrected chi connectivity index (χ4v) is 5.64. The minimum atomic E-state index is -0.0954. The fraction of sp³-hybridized carbons (Fsp3) is 0.387. The van der Waals surface area contributed by atoms with E-state index in [2.05, 4.69) is 66.9 Å². The van der Waals surface area contributed by atoms with Gasteiger partial charge in [0.05, 0.1) is 29.9 Å². The predicted octanol–water partition coefficient (Wildman–Crippen LogP) is 5.44. The number of benzene rings is 2. The number of nitrogens with zero attached hydrogens (tertiary/aromatic N) is 5. The van der Waals surface area contributed by atoms with Crippen molar-refractivity contribution in [3.8, 4) is 17.0 Å². The van der Waals surface area contributed by atoms with Crippen LogP contribution in [-0.4, -0.2) is 72.4 Å². The molecule has 0 saturated carbocycles. The molecule has 10 heteroatoms. The number of thiol groups is 1. The highest BCUT2D eigenvalue weighted by molar-refractivity contribution is 7.80. The van der Waals surface area contributed by atoms with Crippen molar-refractivity contribution in [1.82, 2.24) is 19.4 Å². The van der Waals surface area contributed by atoms with E-state index in [4.69, 9.17) is 9.72 Å². The normalized spacial score (nSPS) is 12.8. The van der Waals surface area contributed by atoms with Crippen LogP contribution in [0.3, 0.4) is 0 Å². The average molecular weight is 574 g/mol. The second-order valence-electron chi connectivity index (χ2n) is 10.7. The van der Waals surface area contributed by atoms with Crippen molar-refractivity contribution in [2.75, 3.05) is 62.6 Å². The van der Waals surface area contributed by atoms with Gasteiger partial charge in [0.1, 0.15) is 5.75 Å². The van der Waals surface area contributed by atoms with Gasteiger partial charge in [0, 0.05) is 67.5 Å². The Morgan fingerprint density at radius 1 is 1.10 bits per heavy atom. The summed E-state index contributed by atoms with van der Waals surface area (Å²) in [7, 11) is 7.73.